The molecule has 4 amide bonds. The fourth-order valence-electron chi connectivity index (χ4n) is 5.41. The highest BCUT2D eigenvalue weighted by molar-refractivity contribution is 6.22. The minimum atomic E-state index is -0.373. The number of allylic oxidation sites excluding steroid dienone is 2. The van der Waals surface area contributed by atoms with Crippen LogP contribution in [0.15, 0.2) is 60.2 Å². The van der Waals surface area contributed by atoms with E-state index in [0.717, 1.165) is 31.5 Å². The number of nitrogens with one attached hydrogen (secondary N) is 1. The lowest BCUT2D eigenvalue weighted by atomic mass is 9.82. The van der Waals surface area contributed by atoms with Crippen LogP contribution in [0.5, 0.6) is 0 Å². The first-order valence-electron chi connectivity index (χ1n) is 12.7. The molecule has 2 aromatic rings. The van der Waals surface area contributed by atoms with Crippen molar-refractivity contribution in [3.05, 3.63) is 71.3 Å². The van der Waals surface area contributed by atoms with E-state index in [1.54, 1.807) is 48.5 Å². The zero-order valence-electron chi connectivity index (χ0n) is 20.7. The van der Waals surface area contributed by atoms with Gasteiger partial charge >= 0.3 is 0 Å². The number of benzene rings is 2. The summed E-state index contributed by atoms with van der Waals surface area (Å²) in [5.41, 5.74) is 2.92. The normalized spacial score (nSPS) is 22.3. The quantitative estimate of drug-likeness (QED) is 0.504. The first-order valence-corrected chi connectivity index (χ1v) is 12.7. The van der Waals surface area contributed by atoms with Crippen LogP contribution in [0.25, 0.3) is 0 Å². The van der Waals surface area contributed by atoms with E-state index < -0.39 is 0 Å². The van der Waals surface area contributed by atoms with Crippen LogP contribution in [0.1, 0.15) is 60.2 Å². The number of imide groups is 1. The van der Waals surface area contributed by atoms with Gasteiger partial charge in [-0.25, -0.2) is 0 Å². The number of rotatable bonds is 4. The summed E-state index contributed by atoms with van der Waals surface area (Å²) in [6.45, 7) is 5.67. The van der Waals surface area contributed by atoms with Crippen molar-refractivity contribution in [2.24, 2.45) is 17.8 Å². The molecule has 0 bridgehead atoms. The Morgan fingerprint density at radius 3 is 2.39 bits per heavy atom. The second-order valence-corrected chi connectivity index (χ2v) is 10.3. The van der Waals surface area contributed by atoms with Crippen molar-refractivity contribution in [2.75, 3.05) is 23.3 Å². The number of carbonyl (C=O) groups is 4. The fourth-order valence-corrected chi connectivity index (χ4v) is 5.41. The summed E-state index contributed by atoms with van der Waals surface area (Å²) >= 11 is 0. The molecule has 186 valence electrons. The molecule has 1 aliphatic carbocycles. The molecule has 2 aliphatic heterocycles. The first-order chi connectivity index (χ1) is 17.3. The van der Waals surface area contributed by atoms with E-state index >= 15 is 0 Å². The Morgan fingerprint density at radius 2 is 1.61 bits per heavy atom. The van der Waals surface area contributed by atoms with Gasteiger partial charge in [0.25, 0.3) is 11.8 Å². The zero-order valence-corrected chi connectivity index (χ0v) is 20.7. The molecule has 5 rings (SSSR count). The second kappa shape index (κ2) is 9.72. The zero-order chi connectivity index (χ0) is 25.4. The summed E-state index contributed by atoms with van der Waals surface area (Å²) in [5, 5.41) is 2.85. The van der Waals surface area contributed by atoms with Gasteiger partial charge in [0.2, 0.25) is 11.8 Å². The van der Waals surface area contributed by atoms with Gasteiger partial charge in [0.1, 0.15) is 0 Å². The maximum Gasteiger partial charge on any atom is 0.255 e. The van der Waals surface area contributed by atoms with Crippen LogP contribution in [0.4, 0.5) is 11.4 Å². The molecule has 2 heterocycles. The molecule has 2 aromatic carbocycles. The highest BCUT2D eigenvalue weighted by Crippen LogP contribution is 2.39. The molecule has 0 aromatic heterocycles. The minimum Gasteiger partial charge on any atom is -0.339 e. The van der Waals surface area contributed by atoms with Crippen LogP contribution in [-0.4, -0.2) is 41.6 Å². The Morgan fingerprint density at radius 1 is 0.917 bits per heavy atom. The molecule has 0 radical (unpaired) electrons. The van der Waals surface area contributed by atoms with E-state index in [2.05, 4.69) is 12.2 Å². The van der Waals surface area contributed by atoms with Crippen molar-refractivity contribution in [3.8, 4) is 0 Å². The fraction of sp³-hybridized carbons (Fsp3) is 0.379. The van der Waals surface area contributed by atoms with Crippen molar-refractivity contribution in [3.63, 3.8) is 0 Å². The van der Waals surface area contributed by atoms with E-state index in [1.165, 1.54) is 4.90 Å². The van der Waals surface area contributed by atoms with Gasteiger partial charge in [-0.05, 0) is 74.9 Å². The lowest BCUT2D eigenvalue weighted by molar-refractivity contribution is -0.122. The number of nitrogens with zero attached hydrogens (tertiary/aromatic N) is 2. The Kier molecular flexibility index (Phi) is 6.48. The Labute approximate surface area is 211 Å². The summed E-state index contributed by atoms with van der Waals surface area (Å²) in [6, 6.07) is 13.5. The predicted octanol–water partition coefficient (Wildman–Crippen LogP) is 4.66. The highest BCUT2D eigenvalue weighted by atomic mass is 16.2. The van der Waals surface area contributed by atoms with Crippen LogP contribution in [-0.2, 0) is 9.59 Å². The monoisotopic (exact) mass is 485 g/mol. The third-order valence-electron chi connectivity index (χ3n) is 7.63. The molecule has 36 heavy (non-hydrogen) atoms. The van der Waals surface area contributed by atoms with Gasteiger partial charge in [-0.15, -0.1) is 0 Å². The molecule has 7 nitrogen and oxygen atoms in total. The van der Waals surface area contributed by atoms with Crippen molar-refractivity contribution in [1.82, 2.24) is 4.90 Å². The van der Waals surface area contributed by atoms with Gasteiger partial charge in [-0.2, -0.15) is 0 Å². The number of hydrogen-bond acceptors (Lipinski definition) is 4. The number of hydrogen-bond donors (Lipinski definition) is 1. The molecule has 7 heteroatoms. The molecular weight excluding hydrogens is 454 g/mol. The molecule has 1 N–H and O–H groups in total. The lowest BCUT2D eigenvalue weighted by Gasteiger charge is -2.30. The average Bonchev–Trinajstić information content (AvgIpc) is 3.13. The number of likely N-dealkylation sites (tertiary alicyclic amines) is 1. The van der Waals surface area contributed by atoms with Crippen molar-refractivity contribution in [1.29, 1.82) is 0 Å². The second-order valence-electron chi connectivity index (χ2n) is 10.3. The van der Waals surface area contributed by atoms with Gasteiger partial charge in [-0.1, -0.05) is 30.7 Å². The molecule has 3 aliphatic rings. The first kappa shape index (κ1) is 24.0. The summed E-state index contributed by atoms with van der Waals surface area (Å²) in [4.78, 5) is 55.2. The highest BCUT2D eigenvalue weighted by Gasteiger charge is 2.48. The summed E-state index contributed by atoms with van der Waals surface area (Å²) in [5.74, 6) is -0.839. The van der Waals surface area contributed by atoms with Crippen LogP contribution < -0.4 is 10.2 Å². The van der Waals surface area contributed by atoms with E-state index in [9.17, 15) is 19.2 Å². The Bertz CT molecular complexity index is 1260. The average molecular weight is 486 g/mol. The Balaban J connectivity index is 1.30. The largest absolute Gasteiger partial charge is 0.339 e. The van der Waals surface area contributed by atoms with E-state index in [-0.39, 0.29) is 35.5 Å². The topological polar surface area (TPSA) is 86.8 Å². The maximum absolute atomic E-state index is 13.1. The number of carbonyl (C=O) groups excluding carboxylic acids is 4. The standard InChI is InChI=1S/C29H31N3O4/c1-18-11-13-31(14-12-18)27(34)21-6-3-7-22(16-21)30-26(33)20-5-4-8-23(17-20)32-28(35)24-10-9-19(2)15-25(24)29(32)36/h3-9,16-18,24-25H,10-15H2,1-2H3,(H,30,33)/t24-,25+/m1/s1. The number of piperidine rings is 1. The van der Waals surface area contributed by atoms with Crippen molar-refractivity contribution < 1.29 is 19.2 Å². The van der Waals surface area contributed by atoms with E-state index in [0.29, 0.717) is 41.3 Å². The third kappa shape index (κ3) is 4.57. The summed E-state index contributed by atoms with van der Waals surface area (Å²) < 4.78 is 0. The number of anilines is 2. The summed E-state index contributed by atoms with van der Waals surface area (Å²) in [7, 11) is 0. The van der Waals surface area contributed by atoms with E-state index in [1.807, 2.05) is 17.9 Å². The van der Waals surface area contributed by atoms with Gasteiger partial charge in [0, 0.05) is 29.9 Å². The minimum absolute atomic E-state index is 0.0303. The van der Waals surface area contributed by atoms with Crippen molar-refractivity contribution in [2.45, 2.75) is 39.5 Å². The number of fused-ring (bicyclic) bond motifs is 1. The van der Waals surface area contributed by atoms with Crippen molar-refractivity contribution >= 4 is 35.0 Å². The van der Waals surface area contributed by atoms with Crippen LogP contribution in [0.3, 0.4) is 0 Å². The van der Waals surface area contributed by atoms with Gasteiger partial charge in [0.05, 0.1) is 17.5 Å². The molecular formula is C29H31N3O4. The Hall–Kier alpha value is -3.74. The van der Waals surface area contributed by atoms with Gasteiger partial charge < -0.3 is 10.2 Å². The molecule has 2 saturated heterocycles. The number of amides is 4. The third-order valence-corrected chi connectivity index (χ3v) is 7.63. The molecule has 2 fully saturated rings. The molecule has 0 saturated carbocycles. The van der Waals surface area contributed by atoms with E-state index in [4.69, 9.17) is 0 Å². The van der Waals surface area contributed by atoms with Gasteiger partial charge in [0.15, 0.2) is 0 Å². The maximum atomic E-state index is 13.1. The van der Waals surface area contributed by atoms with Crippen LogP contribution in [0.2, 0.25) is 0 Å². The van der Waals surface area contributed by atoms with Crippen LogP contribution in [0, 0.1) is 17.8 Å². The molecule has 0 unspecified atom stereocenters. The molecule has 0 spiro atoms. The SMILES string of the molecule is CC1=CC[C@H]2C(=O)N(c3cccc(C(=O)Nc4cccc(C(=O)N5CCC(C)CC5)c4)c3)C(=O)[C@H]2C1. The summed E-state index contributed by atoms with van der Waals surface area (Å²) in [6.07, 6.45) is 5.20. The molecule has 2 atom stereocenters. The van der Waals surface area contributed by atoms with Crippen LogP contribution >= 0.6 is 0 Å². The predicted molar refractivity (Wildman–Crippen MR) is 138 cm³/mol. The smallest absolute Gasteiger partial charge is 0.255 e. The lowest BCUT2D eigenvalue weighted by Crippen LogP contribution is -2.37. The van der Waals surface area contributed by atoms with Gasteiger partial charge in [-0.3, -0.25) is 24.1 Å².